The number of amides is 1. The summed E-state index contributed by atoms with van der Waals surface area (Å²) in [5, 5.41) is 24.4. The third-order valence-electron chi connectivity index (χ3n) is 5.15. The molecule has 0 aliphatic heterocycles. The number of nitro groups is 1. The second-order valence-corrected chi connectivity index (χ2v) is 7.41. The van der Waals surface area contributed by atoms with Gasteiger partial charge in [-0.15, -0.1) is 6.58 Å². The van der Waals surface area contributed by atoms with E-state index >= 15 is 0 Å². The fourth-order valence-corrected chi connectivity index (χ4v) is 3.49. The van der Waals surface area contributed by atoms with Crippen LogP contribution in [0.2, 0.25) is 0 Å². The Morgan fingerprint density at radius 3 is 2.34 bits per heavy atom. The Hall–Kier alpha value is -4.25. The molecule has 0 unspecified atom stereocenters. The van der Waals surface area contributed by atoms with Crippen molar-refractivity contribution in [1.82, 2.24) is 14.7 Å². The van der Waals surface area contributed by atoms with Crippen LogP contribution in [0.1, 0.15) is 38.4 Å². The highest BCUT2D eigenvalue weighted by Gasteiger charge is 2.22. The zero-order valence-corrected chi connectivity index (χ0v) is 18.0. The monoisotopic (exact) mass is 429 g/mol. The first kappa shape index (κ1) is 22.4. The van der Waals surface area contributed by atoms with E-state index in [0.29, 0.717) is 42.1 Å². The summed E-state index contributed by atoms with van der Waals surface area (Å²) in [5.41, 5.74) is 3.79. The van der Waals surface area contributed by atoms with Crippen molar-refractivity contribution in [2.45, 2.75) is 26.9 Å². The molecule has 0 N–H and O–H groups in total. The molecule has 1 aromatic heterocycles. The molecule has 1 heterocycles. The summed E-state index contributed by atoms with van der Waals surface area (Å²) >= 11 is 0. The average molecular weight is 429 g/mol. The largest absolute Gasteiger partial charge is 0.331 e. The lowest BCUT2D eigenvalue weighted by Gasteiger charge is -2.21. The van der Waals surface area contributed by atoms with Crippen LogP contribution >= 0.6 is 0 Å². The number of hydrogen-bond donors (Lipinski definition) is 0. The molecule has 8 nitrogen and oxygen atoms in total. The lowest BCUT2D eigenvalue weighted by molar-refractivity contribution is -0.386. The molecule has 32 heavy (non-hydrogen) atoms. The lowest BCUT2D eigenvalue weighted by atomic mass is 10.1. The van der Waals surface area contributed by atoms with Crippen LogP contribution in [0.25, 0.3) is 0 Å². The third kappa shape index (κ3) is 4.90. The maximum Gasteiger partial charge on any atom is 0.312 e. The van der Waals surface area contributed by atoms with E-state index in [-0.39, 0.29) is 11.6 Å². The van der Waals surface area contributed by atoms with Crippen molar-refractivity contribution in [3.63, 3.8) is 0 Å². The Kier molecular flexibility index (Phi) is 6.80. The summed E-state index contributed by atoms with van der Waals surface area (Å²) in [6.45, 7) is 8.18. The smallest absolute Gasteiger partial charge is 0.312 e. The molecule has 8 heteroatoms. The zero-order chi connectivity index (χ0) is 23.3. The molecule has 0 saturated carbocycles. The van der Waals surface area contributed by atoms with E-state index in [4.69, 9.17) is 5.26 Å². The SMILES string of the molecule is C=CCN(Cc1ccc(C#N)cc1)C(=O)c1ccc(Cn2nc(C)c([N+](=O)[O-])c2C)cc1. The van der Waals surface area contributed by atoms with Crippen molar-refractivity contribution in [2.75, 3.05) is 6.54 Å². The van der Waals surface area contributed by atoms with E-state index in [1.165, 1.54) is 0 Å². The molecule has 2 aromatic carbocycles. The minimum absolute atomic E-state index is 0.0275. The Bertz CT molecular complexity index is 1190. The second-order valence-electron chi connectivity index (χ2n) is 7.41. The van der Waals surface area contributed by atoms with E-state index in [9.17, 15) is 14.9 Å². The number of benzene rings is 2. The van der Waals surface area contributed by atoms with E-state index in [1.54, 1.807) is 53.8 Å². The van der Waals surface area contributed by atoms with Gasteiger partial charge in [-0.05, 0) is 49.2 Å². The van der Waals surface area contributed by atoms with Gasteiger partial charge in [-0.3, -0.25) is 19.6 Å². The highest BCUT2D eigenvalue weighted by Crippen LogP contribution is 2.22. The first-order valence-corrected chi connectivity index (χ1v) is 10.0. The van der Waals surface area contributed by atoms with Gasteiger partial charge in [0.25, 0.3) is 5.91 Å². The van der Waals surface area contributed by atoms with Gasteiger partial charge in [0.1, 0.15) is 11.4 Å². The van der Waals surface area contributed by atoms with Crippen molar-refractivity contribution in [1.29, 1.82) is 5.26 Å². The van der Waals surface area contributed by atoms with Gasteiger partial charge in [-0.25, -0.2) is 0 Å². The van der Waals surface area contributed by atoms with Crippen molar-refractivity contribution in [2.24, 2.45) is 0 Å². The predicted molar refractivity (Wildman–Crippen MR) is 120 cm³/mol. The first-order chi connectivity index (χ1) is 15.3. The minimum Gasteiger partial charge on any atom is -0.331 e. The Labute approximate surface area is 186 Å². The molecule has 162 valence electrons. The molecule has 3 rings (SSSR count). The fraction of sp³-hybridized carbons (Fsp3) is 0.208. The third-order valence-corrected chi connectivity index (χ3v) is 5.15. The number of nitrogens with zero attached hydrogens (tertiary/aromatic N) is 5. The van der Waals surface area contributed by atoms with Gasteiger partial charge in [-0.1, -0.05) is 30.3 Å². The minimum atomic E-state index is -0.419. The maximum absolute atomic E-state index is 13.0. The molecule has 0 saturated heterocycles. The molecule has 0 aliphatic carbocycles. The molecule has 0 atom stereocenters. The number of aromatic nitrogens is 2. The van der Waals surface area contributed by atoms with Crippen LogP contribution in [0.15, 0.2) is 61.2 Å². The topological polar surface area (TPSA) is 105 Å². The van der Waals surface area contributed by atoms with E-state index in [2.05, 4.69) is 17.7 Å². The van der Waals surface area contributed by atoms with Gasteiger partial charge in [-0.2, -0.15) is 10.4 Å². The van der Waals surface area contributed by atoms with Crippen LogP contribution in [0.4, 0.5) is 5.69 Å². The Morgan fingerprint density at radius 2 is 1.81 bits per heavy atom. The summed E-state index contributed by atoms with van der Waals surface area (Å²) in [6.07, 6.45) is 1.67. The number of carbonyl (C=O) groups excluding carboxylic acids is 1. The lowest BCUT2D eigenvalue weighted by Crippen LogP contribution is -2.30. The van der Waals surface area contributed by atoms with Crippen molar-refractivity contribution in [3.05, 3.63) is 105 Å². The van der Waals surface area contributed by atoms with Gasteiger partial charge in [0.05, 0.1) is 23.1 Å². The van der Waals surface area contributed by atoms with Gasteiger partial charge in [0, 0.05) is 18.7 Å². The van der Waals surface area contributed by atoms with Gasteiger partial charge in [0.15, 0.2) is 0 Å². The molecule has 0 bridgehead atoms. The maximum atomic E-state index is 13.0. The summed E-state index contributed by atoms with van der Waals surface area (Å²) < 4.78 is 1.60. The number of aryl methyl sites for hydroxylation is 1. The van der Waals surface area contributed by atoms with Gasteiger partial charge in [0.2, 0.25) is 0 Å². The number of nitriles is 1. The summed E-state index contributed by atoms with van der Waals surface area (Å²) in [4.78, 5) is 25.5. The Morgan fingerprint density at radius 1 is 1.19 bits per heavy atom. The van der Waals surface area contributed by atoms with Crippen LogP contribution in [-0.4, -0.2) is 32.1 Å². The molecular weight excluding hydrogens is 406 g/mol. The quantitative estimate of drug-likeness (QED) is 0.304. The van der Waals surface area contributed by atoms with Crippen LogP contribution in [0, 0.1) is 35.3 Å². The van der Waals surface area contributed by atoms with Gasteiger partial charge >= 0.3 is 5.69 Å². The highest BCUT2D eigenvalue weighted by molar-refractivity contribution is 5.94. The fourth-order valence-electron chi connectivity index (χ4n) is 3.49. The molecular formula is C24H23N5O3. The molecule has 0 spiro atoms. The van der Waals surface area contributed by atoms with E-state index in [0.717, 1.165) is 11.1 Å². The average Bonchev–Trinajstić information content (AvgIpc) is 3.06. The van der Waals surface area contributed by atoms with Crippen LogP contribution < -0.4 is 0 Å². The molecule has 3 aromatic rings. The molecule has 0 radical (unpaired) electrons. The van der Waals surface area contributed by atoms with E-state index < -0.39 is 4.92 Å². The number of hydrogen-bond acceptors (Lipinski definition) is 5. The van der Waals surface area contributed by atoms with Crippen LogP contribution in [-0.2, 0) is 13.1 Å². The van der Waals surface area contributed by atoms with E-state index in [1.807, 2.05) is 24.3 Å². The summed E-state index contributed by atoms with van der Waals surface area (Å²) in [6, 6.07) is 16.3. The normalized spacial score (nSPS) is 10.4. The van der Waals surface area contributed by atoms with Gasteiger partial charge < -0.3 is 4.90 Å². The number of rotatable bonds is 8. The van der Waals surface area contributed by atoms with Crippen LogP contribution in [0.3, 0.4) is 0 Å². The van der Waals surface area contributed by atoms with Crippen molar-refractivity contribution < 1.29 is 9.72 Å². The molecule has 1 amide bonds. The van der Waals surface area contributed by atoms with Crippen molar-refractivity contribution in [3.8, 4) is 6.07 Å². The standard InChI is InChI=1S/C24H23N5O3/c1-4-13-27(15-20-7-5-19(14-25)6-8-20)24(30)22-11-9-21(10-12-22)16-28-18(3)23(29(31)32)17(2)26-28/h4-12H,1,13,15-16H2,2-3H3. The highest BCUT2D eigenvalue weighted by atomic mass is 16.6. The first-order valence-electron chi connectivity index (χ1n) is 10.0. The predicted octanol–water partition coefficient (Wildman–Crippen LogP) is 4.16. The molecule has 0 fully saturated rings. The summed E-state index contributed by atoms with van der Waals surface area (Å²) in [5.74, 6) is -0.137. The van der Waals surface area contributed by atoms with Crippen LogP contribution in [0.5, 0.6) is 0 Å². The Balaban J connectivity index is 1.75. The second kappa shape index (κ2) is 9.71. The molecule has 0 aliphatic rings. The summed E-state index contributed by atoms with van der Waals surface area (Å²) in [7, 11) is 0. The zero-order valence-electron chi connectivity index (χ0n) is 18.0. The number of carbonyl (C=O) groups is 1. The van der Waals surface area contributed by atoms with Crippen molar-refractivity contribution >= 4 is 11.6 Å².